The van der Waals surface area contributed by atoms with Gasteiger partial charge in [0, 0.05) is 11.8 Å². The minimum absolute atomic E-state index is 0.0791. The number of aromatic hydroxyl groups is 1. The van der Waals surface area contributed by atoms with E-state index in [2.05, 4.69) is 0 Å². The minimum atomic E-state index is -3.13. The van der Waals surface area contributed by atoms with Gasteiger partial charge in [0.1, 0.15) is 10.5 Å². The minimum Gasteiger partial charge on any atom is -0.508 e. The second kappa shape index (κ2) is 2.73. The molecule has 1 aromatic carbocycles. The van der Waals surface area contributed by atoms with E-state index in [0.29, 0.717) is 18.4 Å². The fourth-order valence-electron chi connectivity index (χ4n) is 1.81. The molecule has 0 atom stereocenters. The molecular formula is C10H12O3S. The molecule has 0 bridgehead atoms. The molecule has 0 saturated heterocycles. The third kappa shape index (κ3) is 1.21. The van der Waals surface area contributed by atoms with Crippen molar-refractivity contribution in [3.05, 3.63) is 29.8 Å². The van der Waals surface area contributed by atoms with Crippen LogP contribution in [0, 0.1) is 0 Å². The molecule has 2 rings (SSSR count). The third-order valence-electron chi connectivity index (χ3n) is 2.81. The summed E-state index contributed by atoms with van der Waals surface area (Å²) >= 11 is 0. The van der Waals surface area contributed by atoms with Gasteiger partial charge < -0.3 is 5.11 Å². The van der Waals surface area contributed by atoms with E-state index in [4.69, 9.17) is 0 Å². The van der Waals surface area contributed by atoms with Crippen LogP contribution in [0.4, 0.5) is 0 Å². The second-order valence-electron chi connectivity index (χ2n) is 3.78. The highest BCUT2D eigenvalue weighted by Gasteiger charge is 2.54. The number of benzene rings is 1. The highest BCUT2D eigenvalue weighted by atomic mass is 32.2. The Kier molecular flexibility index (Phi) is 1.86. The maximum Gasteiger partial charge on any atom is 0.157 e. The lowest BCUT2D eigenvalue weighted by atomic mass is 10.1. The smallest absolute Gasteiger partial charge is 0.157 e. The van der Waals surface area contributed by atoms with Gasteiger partial charge in [-0.2, -0.15) is 0 Å². The Morgan fingerprint density at radius 3 is 2.29 bits per heavy atom. The molecule has 0 aromatic heterocycles. The SMILES string of the molecule is CS(=O)(=O)C1(c2ccccc2O)CC1. The molecule has 1 saturated carbocycles. The fourth-order valence-corrected chi connectivity index (χ4v) is 3.23. The molecular weight excluding hydrogens is 200 g/mol. The Labute approximate surface area is 83.3 Å². The van der Waals surface area contributed by atoms with Crippen molar-refractivity contribution in [2.24, 2.45) is 0 Å². The summed E-state index contributed by atoms with van der Waals surface area (Å²) in [5.41, 5.74) is 0.544. The van der Waals surface area contributed by atoms with Gasteiger partial charge in [0.05, 0.1) is 0 Å². The number of hydrogen-bond acceptors (Lipinski definition) is 3. The van der Waals surface area contributed by atoms with Crippen molar-refractivity contribution in [3.63, 3.8) is 0 Å². The Morgan fingerprint density at radius 1 is 1.29 bits per heavy atom. The maximum atomic E-state index is 11.6. The molecule has 4 heteroatoms. The molecule has 1 fully saturated rings. The van der Waals surface area contributed by atoms with Gasteiger partial charge in [0.25, 0.3) is 0 Å². The molecule has 1 N–H and O–H groups in total. The van der Waals surface area contributed by atoms with Crippen molar-refractivity contribution in [1.82, 2.24) is 0 Å². The molecule has 0 heterocycles. The van der Waals surface area contributed by atoms with E-state index in [0.717, 1.165) is 0 Å². The largest absolute Gasteiger partial charge is 0.508 e. The van der Waals surface area contributed by atoms with Crippen LogP contribution in [0.15, 0.2) is 24.3 Å². The number of para-hydroxylation sites is 1. The van der Waals surface area contributed by atoms with Gasteiger partial charge in [-0.25, -0.2) is 8.42 Å². The van der Waals surface area contributed by atoms with Crippen molar-refractivity contribution in [2.45, 2.75) is 17.6 Å². The summed E-state index contributed by atoms with van der Waals surface area (Å²) in [4.78, 5) is 0. The van der Waals surface area contributed by atoms with Crippen LogP contribution in [0.1, 0.15) is 18.4 Å². The predicted octanol–water partition coefficient (Wildman–Crippen LogP) is 1.43. The standard InChI is InChI=1S/C10H12O3S/c1-14(12,13)10(6-7-10)8-4-2-3-5-9(8)11/h2-5,11H,6-7H2,1H3. The van der Waals surface area contributed by atoms with E-state index in [1.807, 2.05) is 0 Å². The average molecular weight is 212 g/mol. The lowest BCUT2D eigenvalue weighted by Gasteiger charge is -2.14. The number of phenolic OH excluding ortho intramolecular Hbond substituents is 1. The first-order valence-corrected chi connectivity index (χ1v) is 6.35. The van der Waals surface area contributed by atoms with Gasteiger partial charge in [-0.05, 0) is 18.9 Å². The maximum absolute atomic E-state index is 11.6. The Hall–Kier alpha value is -1.03. The highest BCUT2D eigenvalue weighted by Crippen LogP contribution is 2.54. The zero-order valence-corrected chi connectivity index (χ0v) is 8.71. The van der Waals surface area contributed by atoms with Crippen molar-refractivity contribution in [2.75, 3.05) is 6.26 Å². The van der Waals surface area contributed by atoms with Gasteiger partial charge in [0.2, 0.25) is 0 Å². The molecule has 1 aliphatic rings. The fraction of sp³-hybridized carbons (Fsp3) is 0.400. The molecule has 0 unspecified atom stereocenters. The molecule has 0 radical (unpaired) electrons. The average Bonchev–Trinajstić information content (AvgIpc) is 2.84. The van der Waals surface area contributed by atoms with E-state index in [1.165, 1.54) is 12.3 Å². The van der Waals surface area contributed by atoms with Crippen LogP contribution in [0.2, 0.25) is 0 Å². The number of sulfone groups is 1. The topological polar surface area (TPSA) is 54.4 Å². The summed E-state index contributed by atoms with van der Waals surface area (Å²) in [5, 5.41) is 9.59. The van der Waals surface area contributed by atoms with Crippen LogP contribution < -0.4 is 0 Å². The van der Waals surface area contributed by atoms with E-state index in [-0.39, 0.29) is 5.75 Å². The molecule has 14 heavy (non-hydrogen) atoms. The third-order valence-corrected chi connectivity index (χ3v) is 4.86. The Morgan fingerprint density at radius 2 is 1.86 bits per heavy atom. The van der Waals surface area contributed by atoms with Crippen molar-refractivity contribution >= 4 is 9.84 Å². The molecule has 1 aliphatic carbocycles. The molecule has 0 amide bonds. The molecule has 76 valence electrons. The van der Waals surface area contributed by atoms with Gasteiger partial charge in [-0.3, -0.25) is 0 Å². The van der Waals surface area contributed by atoms with E-state index in [9.17, 15) is 13.5 Å². The van der Waals surface area contributed by atoms with Crippen LogP contribution in [-0.2, 0) is 14.6 Å². The van der Waals surface area contributed by atoms with E-state index < -0.39 is 14.6 Å². The van der Waals surface area contributed by atoms with Crippen molar-refractivity contribution < 1.29 is 13.5 Å². The quantitative estimate of drug-likeness (QED) is 0.806. The van der Waals surface area contributed by atoms with Gasteiger partial charge >= 0.3 is 0 Å². The number of hydrogen-bond donors (Lipinski definition) is 1. The molecule has 0 aliphatic heterocycles. The first-order chi connectivity index (χ1) is 6.47. The lowest BCUT2D eigenvalue weighted by Crippen LogP contribution is -2.19. The summed E-state index contributed by atoms with van der Waals surface area (Å²) in [7, 11) is -3.13. The molecule has 3 nitrogen and oxygen atoms in total. The zero-order chi connectivity index (χ0) is 10.4. The summed E-state index contributed by atoms with van der Waals surface area (Å²) < 4.78 is 22.3. The lowest BCUT2D eigenvalue weighted by molar-refractivity contribution is 0.465. The van der Waals surface area contributed by atoms with E-state index >= 15 is 0 Å². The predicted molar refractivity (Wildman–Crippen MR) is 53.9 cm³/mol. The van der Waals surface area contributed by atoms with Gasteiger partial charge in [-0.15, -0.1) is 0 Å². The van der Waals surface area contributed by atoms with E-state index in [1.54, 1.807) is 18.2 Å². The summed E-state index contributed by atoms with van der Waals surface area (Å²) in [6.45, 7) is 0. The monoisotopic (exact) mass is 212 g/mol. The number of phenols is 1. The Balaban J connectivity index is 2.57. The molecule has 0 spiro atoms. The van der Waals surface area contributed by atoms with Gasteiger partial charge in [0.15, 0.2) is 9.84 Å². The Bertz CT molecular complexity index is 458. The van der Waals surface area contributed by atoms with Crippen molar-refractivity contribution in [3.8, 4) is 5.75 Å². The second-order valence-corrected chi connectivity index (χ2v) is 6.11. The van der Waals surface area contributed by atoms with Crippen molar-refractivity contribution in [1.29, 1.82) is 0 Å². The van der Waals surface area contributed by atoms with Crippen LogP contribution in [0.25, 0.3) is 0 Å². The normalized spacial score (nSPS) is 19.2. The highest BCUT2D eigenvalue weighted by molar-refractivity contribution is 7.92. The zero-order valence-electron chi connectivity index (χ0n) is 7.90. The van der Waals surface area contributed by atoms with Crippen LogP contribution in [-0.4, -0.2) is 19.8 Å². The summed E-state index contributed by atoms with van der Waals surface area (Å²) in [6, 6.07) is 6.65. The number of rotatable bonds is 2. The van der Waals surface area contributed by atoms with Crippen LogP contribution in [0.5, 0.6) is 5.75 Å². The van der Waals surface area contributed by atoms with Gasteiger partial charge in [-0.1, -0.05) is 18.2 Å². The first kappa shape index (κ1) is 9.52. The summed E-state index contributed by atoms with van der Waals surface area (Å²) in [5.74, 6) is 0.0791. The molecule has 1 aromatic rings. The van der Waals surface area contributed by atoms with Crippen LogP contribution in [0.3, 0.4) is 0 Å². The van der Waals surface area contributed by atoms with Crippen LogP contribution >= 0.6 is 0 Å². The summed E-state index contributed by atoms with van der Waals surface area (Å²) in [6.07, 6.45) is 2.46. The first-order valence-electron chi connectivity index (χ1n) is 4.45.